The van der Waals surface area contributed by atoms with Gasteiger partial charge >= 0.3 is 0 Å². The number of carbonyl (C=O) groups is 1. The summed E-state index contributed by atoms with van der Waals surface area (Å²) >= 11 is 1.14. The average Bonchev–Trinajstić information content (AvgIpc) is 3.10. The number of nitrogens with zero attached hydrogens (tertiary/aromatic N) is 3. The number of aryl methyl sites for hydroxylation is 2. The molecule has 3 heterocycles. The molecule has 0 saturated heterocycles. The Balaban J connectivity index is 1.89. The zero-order valence-corrected chi connectivity index (χ0v) is 17.9. The van der Waals surface area contributed by atoms with Gasteiger partial charge in [-0.15, -0.1) is 11.3 Å². The number of nitrogen functional groups attached to an aromatic ring is 2. The van der Waals surface area contributed by atoms with Gasteiger partial charge in [-0.2, -0.15) is 5.26 Å². The first-order valence-electron chi connectivity index (χ1n) is 9.68. The van der Waals surface area contributed by atoms with Crippen LogP contribution < -0.4 is 16.8 Å². The SMILES string of the molecule is CCc1ccc(-c2c(C#N)c(N)nc3sc(C(=O)Nc4ncccc4C)c(N)c23)cc1. The number of nitrogens with two attached hydrogens (primary N) is 2. The third-order valence-electron chi connectivity index (χ3n) is 5.11. The monoisotopic (exact) mass is 428 g/mol. The minimum absolute atomic E-state index is 0.110. The van der Waals surface area contributed by atoms with Crippen molar-refractivity contribution in [1.29, 1.82) is 5.26 Å². The molecule has 0 fully saturated rings. The Labute approximate surface area is 183 Å². The fourth-order valence-corrected chi connectivity index (χ4v) is 4.44. The summed E-state index contributed by atoms with van der Waals surface area (Å²) in [6.07, 6.45) is 2.51. The highest BCUT2D eigenvalue weighted by Gasteiger charge is 2.24. The number of nitrogens with one attached hydrogen (secondary N) is 1. The van der Waals surface area contributed by atoms with E-state index in [9.17, 15) is 10.1 Å². The molecule has 4 aromatic rings. The molecule has 0 unspecified atom stereocenters. The summed E-state index contributed by atoms with van der Waals surface area (Å²) in [6.45, 7) is 3.93. The Kier molecular flexibility index (Phi) is 5.28. The summed E-state index contributed by atoms with van der Waals surface area (Å²) in [7, 11) is 0. The highest BCUT2D eigenvalue weighted by Crippen LogP contribution is 2.42. The number of benzene rings is 1. The number of hydrogen-bond donors (Lipinski definition) is 3. The Morgan fingerprint density at radius 3 is 2.61 bits per heavy atom. The van der Waals surface area contributed by atoms with E-state index in [1.165, 1.54) is 5.56 Å². The van der Waals surface area contributed by atoms with Gasteiger partial charge in [-0.1, -0.05) is 37.3 Å². The molecule has 0 aliphatic carbocycles. The fourth-order valence-electron chi connectivity index (χ4n) is 3.43. The van der Waals surface area contributed by atoms with Crippen molar-refractivity contribution in [1.82, 2.24) is 9.97 Å². The molecule has 154 valence electrons. The van der Waals surface area contributed by atoms with Gasteiger partial charge in [0.2, 0.25) is 0 Å². The number of aromatic nitrogens is 2. The van der Waals surface area contributed by atoms with E-state index in [0.717, 1.165) is 28.9 Å². The van der Waals surface area contributed by atoms with Gasteiger partial charge in [0.1, 0.15) is 33.0 Å². The van der Waals surface area contributed by atoms with Crippen molar-refractivity contribution in [2.75, 3.05) is 16.8 Å². The molecule has 0 spiro atoms. The predicted octanol–water partition coefficient (Wildman–Crippen LogP) is 4.52. The first-order chi connectivity index (χ1) is 14.9. The van der Waals surface area contributed by atoms with Crippen molar-refractivity contribution < 1.29 is 4.79 Å². The minimum Gasteiger partial charge on any atom is -0.397 e. The second-order valence-electron chi connectivity index (χ2n) is 7.06. The standard InChI is InChI=1S/C23H20N6OS/c1-3-13-6-8-14(9-7-13)16-15(11-24)20(26)28-23-17(16)18(25)19(31-23)22(30)29-21-12(2)5-4-10-27-21/h4-10H,3,25H2,1-2H3,(H2,26,28)(H,27,29,30). The molecule has 31 heavy (non-hydrogen) atoms. The van der Waals surface area contributed by atoms with Crippen LogP contribution in [-0.2, 0) is 6.42 Å². The van der Waals surface area contributed by atoms with E-state index < -0.39 is 0 Å². The van der Waals surface area contributed by atoms with E-state index in [0.29, 0.717) is 26.5 Å². The number of pyridine rings is 2. The Morgan fingerprint density at radius 1 is 1.23 bits per heavy atom. The molecule has 0 aliphatic rings. The number of hydrogen-bond acceptors (Lipinski definition) is 7. The molecule has 7 nitrogen and oxygen atoms in total. The average molecular weight is 429 g/mol. The Bertz CT molecular complexity index is 1350. The summed E-state index contributed by atoms with van der Waals surface area (Å²) in [5.41, 5.74) is 16.4. The summed E-state index contributed by atoms with van der Waals surface area (Å²) in [5.74, 6) is 0.190. The quantitative estimate of drug-likeness (QED) is 0.438. The number of rotatable bonds is 4. The molecule has 1 aromatic carbocycles. The zero-order valence-electron chi connectivity index (χ0n) is 17.1. The maximum Gasteiger partial charge on any atom is 0.269 e. The van der Waals surface area contributed by atoms with Crippen LogP contribution in [0, 0.1) is 18.3 Å². The molecule has 4 rings (SSSR count). The van der Waals surface area contributed by atoms with Gasteiger partial charge in [0, 0.05) is 17.1 Å². The highest BCUT2D eigenvalue weighted by molar-refractivity contribution is 7.21. The van der Waals surface area contributed by atoms with Gasteiger partial charge in [0.05, 0.1) is 5.69 Å². The second-order valence-corrected chi connectivity index (χ2v) is 8.06. The second kappa shape index (κ2) is 8.05. The number of anilines is 3. The zero-order chi connectivity index (χ0) is 22.1. The van der Waals surface area contributed by atoms with E-state index in [1.807, 2.05) is 37.3 Å². The summed E-state index contributed by atoms with van der Waals surface area (Å²) in [4.78, 5) is 22.3. The van der Waals surface area contributed by atoms with E-state index >= 15 is 0 Å². The van der Waals surface area contributed by atoms with Crippen molar-refractivity contribution >= 4 is 44.8 Å². The van der Waals surface area contributed by atoms with E-state index in [4.69, 9.17) is 11.5 Å². The summed E-state index contributed by atoms with van der Waals surface area (Å²) < 4.78 is 0. The van der Waals surface area contributed by atoms with Crippen LogP contribution in [0.25, 0.3) is 21.3 Å². The lowest BCUT2D eigenvalue weighted by atomic mass is 9.96. The third kappa shape index (κ3) is 3.56. The Morgan fingerprint density at radius 2 is 1.97 bits per heavy atom. The number of nitriles is 1. The van der Waals surface area contributed by atoms with Crippen LogP contribution in [-0.4, -0.2) is 15.9 Å². The minimum atomic E-state index is -0.383. The highest BCUT2D eigenvalue weighted by atomic mass is 32.1. The van der Waals surface area contributed by atoms with Crippen LogP contribution in [0.4, 0.5) is 17.3 Å². The van der Waals surface area contributed by atoms with Crippen molar-refractivity contribution in [2.24, 2.45) is 0 Å². The van der Waals surface area contributed by atoms with Crippen molar-refractivity contribution in [3.05, 3.63) is 64.2 Å². The molecule has 0 atom stereocenters. The summed E-state index contributed by atoms with van der Waals surface area (Å²) in [6, 6.07) is 13.7. The lowest BCUT2D eigenvalue weighted by molar-refractivity contribution is 0.103. The van der Waals surface area contributed by atoms with Crippen LogP contribution in [0.3, 0.4) is 0 Å². The molecule has 0 radical (unpaired) electrons. The van der Waals surface area contributed by atoms with Gasteiger partial charge in [-0.3, -0.25) is 4.79 Å². The van der Waals surface area contributed by atoms with Crippen LogP contribution in [0.1, 0.15) is 33.3 Å². The predicted molar refractivity (Wildman–Crippen MR) is 125 cm³/mol. The van der Waals surface area contributed by atoms with E-state index in [2.05, 4.69) is 28.3 Å². The summed E-state index contributed by atoms with van der Waals surface area (Å²) in [5, 5.41) is 13.1. The molecular weight excluding hydrogens is 408 g/mol. The van der Waals surface area contributed by atoms with Crippen molar-refractivity contribution in [3.8, 4) is 17.2 Å². The third-order valence-corrected chi connectivity index (χ3v) is 6.21. The number of fused-ring (bicyclic) bond motifs is 1. The number of amides is 1. The largest absolute Gasteiger partial charge is 0.397 e. The van der Waals surface area contributed by atoms with E-state index in [1.54, 1.807) is 12.3 Å². The first-order valence-corrected chi connectivity index (χ1v) is 10.5. The van der Waals surface area contributed by atoms with Crippen LogP contribution in [0.15, 0.2) is 42.6 Å². The van der Waals surface area contributed by atoms with Crippen molar-refractivity contribution in [3.63, 3.8) is 0 Å². The molecule has 1 amide bonds. The normalized spacial score (nSPS) is 10.7. The first kappa shape index (κ1) is 20.3. The molecule has 3 aromatic heterocycles. The molecule has 0 aliphatic heterocycles. The maximum absolute atomic E-state index is 13.0. The fraction of sp³-hybridized carbons (Fsp3) is 0.130. The van der Waals surface area contributed by atoms with Gasteiger partial charge in [-0.25, -0.2) is 9.97 Å². The lowest BCUT2D eigenvalue weighted by Crippen LogP contribution is -2.13. The molecule has 8 heteroatoms. The van der Waals surface area contributed by atoms with Crippen LogP contribution >= 0.6 is 11.3 Å². The lowest BCUT2D eigenvalue weighted by Gasteiger charge is -2.10. The molecule has 0 saturated carbocycles. The van der Waals surface area contributed by atoms with Gasteiger partial charge in [0.25, 0.3) is 5.91 Å². The van der Waals surface area contributed by atoms with Gasteiger partial charge in [-0.05, 0) is 36.1 Å². The molecule has 0 bridgehead atoms. The smallest absolute Gasteiger partial charge is 0.269 e. The molecular formula is C23H20N6OS. The molecule has 5 N–H and O–H groups in total. The van der Waals surface area contributed by atoms with Gasteiger partial charge in [0.15, 0.2) is 0 Å². The van der Waals surface area contributed by atoms with Crippen LogP contribution in [0.5, 0.6) is 0 Å². The van der Waals surface area contributed by atoms with Gasteiger partial charge < -0.3 is 16.8 Å². The van der Waals surface area contributed by atoms with Crippen molar-refractivity contribution in [2.45, 2.75) is 20.3 Å². The topological polar surface area (TPSA) is 131 Å². The number of thiophene rings is 1. The van der Waals surface area contributed by atoms with Crippen LogP contribution in [0.2, 0.25) is 0 Å². The van der Waals surface area contributed by atoms with E-state index in [-0.39, 0.29) is 23.0 Å². The Hall–Kier alpha value is -3.96. The maximum atomic E-state index is 13.0. The number of carbonyl (C=O) groups excluding carboxylic acids is 1.